The van der Waals surface area contributed by atoms with Crippen molar-refractivity contribution >= 4 is 17.2 Å². The fourth-order valence-corrected chi connectivity index (χ4v) is 2.99. The van der Waals surface area contributed by atoms with Crippen molar-refractivity contribution in [2.24, 2.45) is 0 Å². The molecule has 0 saturated heterocycles. The summed E-state index contributed by atoms with van der Waals surface area (Å²) in [7, 11) is 1.98. The van der Waals surface area contributed by atoms with Crippen LogP contribution in [0.25, 0.3) is 0 Å². The standard InChI is InChI=1S/C15H19N3S/c1-16-10-12-6-7-17-15(9-12)18(13-4-5-13)11-14-3-2-8-19-14/h2-3,6-9,13,16H,4-5,10-11H2,1H3. The van der Waals surface area contributed by atoms with Gasteiger partial charge in [-0.3, -0.25) is 0 Å². The minimum Gasteiger partial charge on any atom is -0.348 e. The number of hydrogen-bond acceptors (Lipinski definition) is 4. The summed E-state index contributed by atoms with van der Waals surface area (Å²) in [4.78, 5) is 8.43. The zero-order valence-electron chi connectivity index (χ0n) is 11.2. The van der Waals surface area contributed by atoms with E-state index in [1.54, 1.807) is 0 Å². The van der Waals surface area contributed by atoms with Crippen LogP contribution in [-0.2, 0) is 13.1 Å². The first kappa shape index (κ1) is 12.6. The molecule has 1 N–H and O–H groups in total. The number of nitrogens with one attached hydrogen (secondary N) is 1. The van der Waals surface area contributed by atoms with Gasteiger partial charge < -0.3 is 10.2 Å². The number of thiophene rings is 1. The molecule has 0 aromatic carbocycles. The van der Waals surface area contributed by atoms with E-state index in [1.807, 2.05) is 24.6 Å². The number of pyridine rings is 1. The summed E-state index contributed by atoms with van der Waals surface area (Å²) in [5.74, 6) is 1.11. The molecule has 0 atom stereocenters. The van der Waals surface area contributed by atoms with Crippen LogP contribution in [0.3, 0.4) is 0 Å². The Hall–Kier alpha value is -1.39. The summed E-state index contributed by atoms with van der Waals surface area (Å²) < 4.78 is 0. The molecule has 2 heterocycles. The van der Waals surface area contributed by atoms with E-state index in [1.165, 1.54) is 23.3 Å². The molecule has 2 aromatic rings. The van der Waals surface area contributed by atoms with Crippen LogP contribution in [0.2, 0.25) is 0 Å². The van der Waals surface area contributed by atoms with Gasteiger partial charge in [0.05, 0.1) is 6.54 Å². The van der Waals surface area contributed by atoms with E-state index in [0.717, 1.165) is 18.9 Å². The number of aromatic nitrogens is 1. The number of anilines is 1. The van der Waals surface area contributed by atoms with E-state index in [-0.39, 0.29) is 0 Å². The van der Waals surface area contributed by atoms with Gasteiger partial charge in [-0.2, -0.15) is 0 Å². The normalized spacial score (nSPS) is 14.6. The van der Waals surface area contributed by atoms with E-state index >= 15 is 0 Å². The Morgan fingerprint density at radius 2 is 2.32 bits per heavy atom. The van der Waals surface area contributed by atoms with E-state index in [0.29, 0.717) is 6.04 Å². The Kier molecular flexibility index (Phi) is 3.80. The maximum absolute atomic E-state index is 4.57. The summed E-state index contributed by atoms with van der Waals surface area (Å²) >= 11 is 1.82. The average Bonchev–Trinajstić information content (AvgIpc) is 3.14. The molecule has 3 rings (SSSR count). The van der Waals surface area contributed by atoms with Crippen molar-refractivity contribution in [3.63, 3.8) is 0 Å². The van der Waals surface area contributed by atoms with Crippen molar-refractivity contribution in [1.82, 2.24) is 10.3 Å². The van der Waals surface area contributed by atoms with Gasteiger partial charge in [-0.25, -0.2) is 4.98 Å². The predicted octanol–water partition coefficient (Wildman–Crippen LogP) is 3.03. The Morgan fingerprint density at radius 3 is 3.00 bits per heavy atom. The van der Waals surface area contributed by atoms with Crippen LogP contribution in [-0.4, -0.2) is 18.1 Å². The monoisotopic (exact) mass is 273 g/mol. The van der Waals surface area contributed by atoms with Crippen molar-refractivity contribution in [1.29, 1.82) is 0 Å². The third-order valence-corrected chi connectivity index (χ3v) is 4.24. The minimum atomic E-state index is 0.680. The predicted molar refractivity (Wildman–Crippen MR) is 80.5 cm³/mol. The van der Waals surface area contributed by atoms with Crippen molar-refractivity contribution in [3.05, 3.63) is 46.3 Å². The molecule has 3 nitrogen and oxygen atoms in total. The van der Waals surface area contributed by atoms with Crippen LogP contribution in [0.5, 0.6) is 0 Å². The highest BCUT2D eigenvalue weighted by atomic mass is 32.1. The average molecular weight is 273 g/mol. The molecular weight excluding hydrogens is 254 g/mol. The van der Waals surface area contributed by atoms with Gasteiger partial charge in [0.2, 0.25) is 0 Å². The zero-order valence-corrected chi connectivity index (χ0v) is 12.0. The quantitative estimate of drug-likeness (QED) is 0.877. The number of nitrogens with zero attached hydrogens (tertiary/aromatic N) is 2. The highest BCUT2D eigenvalue weighted by Crippen LogP contribution is 2.32. The van der Waals surface area contributed by atoms with Gasteiger partial charge in [0.1, 0.15) is 5.82 Å². The number of rotatable bonds is 6. The highest BCUT2D eigenvalue weighted by molar-refractivity contribution is 7.09. The summed E-state index contributed by atoms with van der Waals surface area (Å²) in [5.41, 5.74) is 1.30. The third-order valence-electron chi connectivity index (χ3n) is 3.38. The fourth-order valence-electron chi connectivity index (χ4n) is 2.29. The molecule has 1 aliphatic carbocycles. The topological polar surface area (TPSA) is 28.2 Å². The Morgan fingerprint density at radius 1 is 1.42 bits per heavy atom. The van der Waals surface area contributed by atoms with E-state index in [4.69, 9.17) is 0 Å². The second kappa shape index (κ2) is 5.72. The lowest BCUT2D eigenvalue weighted by Gasteiger charge is -2.23. The highest BCUT2D eigenvalue weighted by Gasteiger charge is 2.30. The summed E-state index contributed by atoms with van der Waals surface area (Å²) in [6.45, 7) is 1.88. The lowest BCUT2D eigenvalue weighted by atomic mass is 10.2. The van der Waals surface area contributed by atoms with Crippen molar-refractivity contribution in [2.75, 3.05) is 11.9 Å². The van der Waals surface area contributed by atoms with Crippen LogP contribution in [0.15, 0.2) is 35.8 Å². The second-order valence-electron chi connectivity index (χ2n) is 4.99. The Bertz CT molecular complexity index is 520. The van der Waals surface area contributed by atoms with Gasteiger partial charge in [0.25, 0.3) is 0 Å². The molecule has 1 saturated carbocycles. The molecule has 2 aromatic heterocycles. The minimum absolute atomic E-state index is 0.680. The first-order valence-corrected chi connectivity index (χ1v) is 7.63. The maximum atomic E-state index is 4.57. The first-order valence-electron chi connectivity index (χ1n) is 6.75. The van der Waals surface area contributed by atoms with Crippen LogP contribution >= 0.6 is 11.3 Å². The van der Waals surface area contributed by atoms with E-state index in [2.05, 4.69) is 44.8 Å². The van der Waals surface area contributed by atoms with Crippen LogP contribution in [0, 0.1) is 0 Å². The molecule has 1 fully saturated rings. The molecule has 0 radical (unpaired) electrons. The molecule has 0 bridgehead atoms. The molecular formula is C15H19N3S. The van der Waals surface area contributed by atoms with E-state index in [9.17, 15) is 0 Å². The van der Waals surface area contributed by atoms with Crippen LogP contribution < -0.4 is 10.2 Å². The molecule has 4 heteroatoms. The first-order chi connectivity index (χ1) is 9.36. The van der Waals surface area contributed by atoms with Crippen LogP contribution in [0.1, 0.15) is 23.3 Å². The summed E-state index contributed by atoms with van der Waals surface area (Å²) in [6, 6.07) is 9.30. The molecule has 0 spiro atoms. The van der Waals surface area contributed by atoms with Crippen molar-refractivity contribution in [2.45, 2.75) is 32.0 Å². The molecule has 0 aliphatic heterocycles. The largest absolute Gasteiger partial charge is 0.348 e. The third kappa shape index (κ3) is 3.14. The molecule has 100 valence electrons. The smallest absolute Gasteiger partial charge is 0.129 e. The molecule has 19 heavy (non-hydrogen) atoms. The number of hydrogen-bond donors (Lipinski definition) is 1. The van der Waals surface area contributed by atoms with Crippen LogP contribution in [0.4, 0.5) is 5.82 Å². The van der Waals surface area contributed by atoms with Gasteiger partial charge in [0, 0.05) is 23.7 Å². The lowest BCUT2D eigenvalue weighted by molar-refractivity contribution is 0.776. The van der Waals surface area contributed by atoms with E-state index < -0.39 is 0 Å². The molecule has 0 amide bonds. The van der Waals surface area contributed by atoms with Gasteiger partial charge in [0.15, 0.2) is 0 Å². The second-order valence-corrected chi connectivity index (χ2v) is 6.02. The van der Waals surface area contributed by atoms with Gasteiger partial charge in [-0.1, -0.05) is 6.07 Å². The lowest BCUT2D eigenvalue weighted by Crippen LogP contribution is -2.25. The molecule has 1 aliphatic rings. The summed E-state index contributed by atoms with van der Waals surface area (Å²) in [6.07, 6.45) is 4.51. The Labute approximate surface area is 118 Å². The summed E-state index contributed by atoms with van der Waals surface area (Å²) in [5, 5.41) is 5.34. The van der Waals surface area contributed by atoms with Crippen molar-refractivity contribution < 1.29 is 0 Å². The van der Waals surface area contributed by atoms with Crippen molar-refractivity contribution in [3.8, 4) is 0 Å². The zero-order chi connectivity index (χ0) is 13.1. The molecule has 0 unspecified atom stereocenters. The fraction of sp³-hybridized carbons (Fsp3) is 0.400. The maximum Gasteiger partial charge on any atom is 0.129 e. The van der Waals surface area contributed by atoms with Gasteiger partial charge in [-0.15, -0.1) is 11.3 Å². The Balaban J connectivity index is 1.81. The van der Waals surface area contributed by atoms with Gasteiger partial charge in [-0.05, 0) is 49.0 Å². The van der Waals surface area contributed by atoms with Gasteiger partial charge >= 0.3 is 0 Å². The SMILES string of the molecule is CNCc1ccnc(N(Cc2cccs2)C2CC2)c1.